The molecule has 2 heterocycles. The first-order valence-electron chi connectivity index (χ1n) is 11.2. The summed E-state index contributed by atoms with van der Waals surface area (Å²) in [5.74, 6) is 2.22. The number of methoxy groups -OCH3 is 2. The van der Waals surface area contributed by atoms with Crippen molar-refractivity contribution in [2.45, 2.75) is 19.4 Å². The lowest BCUT2D eigenvalue weighted by atomic mass is 10.1. The molecule has 0 amide bonds. The van der Waals surface area contributed by atoms with Gasteiger partial charge in [-0.05, 0) is 37.0 Å². The van der Waals surface area contributed by atoms with Crippen molar-refractivity contribution in [2.24, 2.45) is 11.7 Å². The third-order valence-electron chi connectivity index (χ3n) is 5.91. The minimum Gasteiger partial charge on any atom is -0.497 e. The number of benzene rings is 2. The van der Waals surface area contributed by atoms with Crippen LogP contribution in [-0.2, 0) is 6.54 Å². The monoisotopic (exact) mass is 444 g/mol. The van der Waals surface area contributed by atoms with Gasteiger partial charge in [-0.15, -0.1) is 0 Å². The lowest BCUT2D eigenvalue weighted by molar-refractivity contribution is 0.394. The van der Waals surface area contributed by atoms with Gasteiger partial charge in [0.05, 0.1) is 49.9 Å². The Labute approximate surface area is 193 Å². The summed E-state index contributed by atoms with van der Waals surface area (Å²) in [6.07, 6.45) is 8.05. The molecule has 0 saturated heterocycles. The van der Waals surface area contributed by atoms with E-state index < -0.39 is 0 Å². The fourth-order valence-corrected chi connectivity index (χ4v) is 3.92. The Morgan fingerprint density at radius 1 is 1.00 bits per heavy atom. The number of hydrogen-bond acceptors (Lipinski definition) is 7. The molecule has 1 fully saturated rings. The largest absolute Gasteiger partial charge is 0.497 e. The number of anilines is 2. The normalized spacial score (nSPS) is 13.3. The summed E-state index contributed by atoms with van der Waals surface area (Å²) in [6, 6.07) is 12.2. The van der Waals surface area contributed by atoms with Crippen LogP contribution in [0.5, 0.6) is 11.5 Å². The molecule has 8 heteroatoms. The molecule has 170 valence electrons. The summed E-state index contributed by atoms with van der Waals surface area (Å²) >= 11 is 0. The molecular formula is C25H28N6O2. The van der Waals surface area contributed by atoms with Crippen molar-refractivity contribution in [1.29, 1.82) is 0 Å². The van der Waals surface area contributed by atoms with Gasteiger partial charge in [0.25, 0.3) is 0 Å². The summed E-state index contributed by atoms with van der Waals surface area (Å²) < 4.78 is 12.9. The summed E-state index contributed by atoms with van der Waals surface area (Å²) in [4.78, 5) is 11.8. The lowest BCUT2D eigenvalue weighted by Gasteiger charge is -2.26. The number of aromatic nitrogens is 4. The zero-order valence-electron chi connectivity index (χ0n) is 18.9. The number of rotatable bonds is 9. The van der Waals surface area contributed by atoms with Crippen LogP contribution in [0.2, 0.25) is 0 Å². The SMILES string of the molecule is COc1cc(OC)cc(N(CC2CC2)c2ccc3ncc(-c4cnn(CCN)c4)nc3c2)c1. The molecule has 2 N–H and O–H groups in total. The average Bonchev–Trinajstić information content (AvgIpc) is 3.56. The van der Waals surface area contributed by atoms with Gasteiger partial charge >= 0.3 is 0 Å². The fourth-order valence-electron chi connectivity index (χ4n) is 3.92. The van der Waals surface area contributed by atoms with Gasteiger partial charge in [-0.1, -0.05) is 0 Å². The molecule has 0 atom stereocenters. The van der Waals surface area contributed by atoms with Crippen LogP contribution in [0.25, 0.3) is 22.3 Å². The molecule has 2 aromatic heterocycles. The maximum atomic E-state index is 5.64. The molecule has 0 spiro atoms. The van der Waals surface area contributed by atoms with Crippen LogP contribution in [0.3, 0.4) is 0 Å². The van der Waals surface area contributed by atoms with E-state index in [1.165, 1.54) is 12.8 Å². The predicted molar refractivity (Wildman–Crippen MR) is 129 cm³/mol. The summed E-state index contributed by atoms with van der Waals surface area (Å²) in [6.45, 7) is 2.14. The topological polar surface area (TPSA) is 91.3 Å². The van der Waals surface area contributed by atoms with Crippen LogP contribution in [-0.4, -0.2) is 47.1 Å². The van der Waals surface area contributed by atoms with Crippen molar-refractivity contribution in [3.63, 3.8) is 0 Å². The van der Waals surface area contributed by atoms with Gasteiger partial charge in [0.1, 0.15) is 11.5 Å². The molecule has 1 aliphatic carbocycles. The van der Waals surface area contributed by atoms with Crippen LogP contribution in [0.4, 0.5) is 11.4 Å². The van der Waals surface area contributed by atoms with E-state index in [1.54, 1.807) is 26.6 Å². The van der Waals surface area contributed by atoms with Crippen molar-refractivity contribution in [1.82, 2.24) is 19.7 Å². The Morgan fingerprint density at radius 2 is 1.79 bits per heavy atom. The second-order valence-electron chi connectivity index (χ2n) is 8.33. The van der Waals surface area contributed by atoms with E-state index in [9.17, 15) is 0 Å². The highest BCUT2D eigenvalue weighted by Gasteiger charge is 2.26. The van der Waals surface area contributed by atoms with E-state index in [1.807, 2.05) is 35.1 Å². The van der Waals surface area contributed by atoms with E-state index in [2.05, 4.69) is 27.1 Å². The maximum absolute atomic E-state index is 5.64. The quantitative estimate of drug-likeness (QED) is 0.417. The molecule has 1 saturated carbocycles. The molecule has 0 aliphatic heterocycles. The lowest BCUT2D eigenvalue weighted by Crippen LogP contribution is -2.20. The predicted octanol–water partition coefficient (Wildman–Crippen LogP) is 4.02. The van der Waals surface area contributed by atoms with Crippen LogP contribution in [0.15, 0.2) is 55.0 Å². The third kappa shape index (κ3) is 4.61. The van der Waals surface area contributed by atoms with Gasteiger partial charge in [0, 0.05) is 54.4 Å². The molecule has 0 bridgehead atoms. The first-order valence-corrected chi connectivity index (χ1v) is 11.2. The molecule has 33 heavy (non-hydrogen) atoms. The average molecular weight is 445 g/mol. The number of nitrogens with zero attached hydrogens (tertiary/aromatic N) is 5. The van der Waals surface area contributed by atoms with E-state index in [0.717, 1.165) is 51.7 Å². The van der Waals surface area contributed by atoms with E-state index in [0.29, 0.717) is 19.0 Å². The van der Waals surface area contributed by atoms with Gasteiger partial charge in [0.2, 0.25) is 0 Å². The summed E-state index contributed by atoms with van der Waals surface area (Å²) in [5, 5.41) is 4.36. The Hall–Kier alpha value is -3.65. The number of nitrogens with two attached hydrogens (primary N) is 1. The van der Waals surface area contributed by atoms with Crippen LogP contribution < -0.4 is 20.1 Å². The maximum Gasteiger partial charge on any atom is 0.124 e. The molecule has 4 aromatic rings. The zero-order valence-corrected chi connectivity index (χ0v) is 18.9. The minimum absolute atomic E-state index is 0.541. The van der Waals surface area contributed by atoms with Crippen molar-refractivity contribution in [3.8, 4) is 22.8 Å². The Bertz CT molecular complexity index is 1240. The standard InChI is InChI=1S/C25H28N6O2/c1-32-21-9-20(10-22(12-21)33-2)31(15-17-3-4-17)19-5-6-23-24(11-19)29-25(14-27-23)18-13-28-30(16-18)8-7-26/h5-6,9-14,16-17H,3-4,7-8,15,26H2,1-2H3. The van der Waals surface area contributed by atoms with Gasteiger partial charge in [-0.2, -0.15) is 5.10 Å². The highest BCUT2D eigenvalue weighted by Crippen LogP contribution is 2.38. The fraction of sp³-hybridized carbons (Fsp3) is 0.320. The number of fused-ring (bicyclic) bond motifs is 1. The van der Waals surface area contributed by atoms with Crippen molar-refractivity contribution in [3.05, 3.63) is 55.0 Å². The first kappa shape index (κ1) is 21.2. The van der Waals surface area contributed by atoms with Crippen LogP contribution >= 0.6 is 0 Å². The van der Waals surface area contributed by atoms with Gasteiger partial charge in [0.15, 0.2) is 0 Å². The van der Waals surface area contributed by atoms with Crippen molar-refractivity contribution < 1.29 is 9.47 Å². The molecular weight excluding hydrogens is 416 g/mol. The van der Waals surface area contributed by atoms with Gasteiger partial charge in [-0.25, -0.2) is 4.98 Å². The van der Waals surface area contributed by atoms with Gasteiger partial charge in [-0.3, -0.25) is 9.67 Å². The molecule has 0 radical (unpaired) electrons. The second kappa shape index (κ2) is 9.07. The first-order chi connectivity index (χ1) is 16.2. The van der Waals surface area contributed by atoms with Crippen LogP contribution in [0.1, 0.15) is 12.8 Å². The molecule has 5 rings (SSSR count). The summed E-state index contributed by atoms with van der Waals surface area (Å²) in [7, 11) is 3.35. The molecule has 1 aliphatic rings. The van der Waals surface area contributed by atoms with E-state index >= 15 is 0 Å². The van der Waals surface area contributed by atoms with Crippen molar-refractivity contribution in [2.75, 3.05) is 32.2 Å². The smallest absolute Gasteiger partial charge is 0.124 e. The van der Waals surface area contributed by atoms with E-state index in [4.69, 9.17) is 20.2 Å². The van der Waals surface area contributed by atoms with Crippen molar-refractivity contribution >= 4 is 22.4 Å². The third-order valence-corrected chi connectivity index (χ3v) is 5.91. The Kier molecular flexibility index (Phi) is 5.83. The Morgan fingerprint density at radius 3 is 2.48 bits per heavy atom. The molecule has 2 aromatic carbocycles. The Balaban J connectivity index is 1.54. The van der Waals surface area contributed by atoms with E-state index in [-0.39, 0.29) is 0 Å². The zero-order chi connectivity index (χ0) is 22.8. The second-order valence-corrected chi connectivity index (χ2v) is 8.33. The number of hydrogen-bond donors (Lipinski definition) is 1. The highest BCUT2D eigenvalue weighted by molar-refractivity contribution is 5.82. The molecule has 8 nitrogen and oxygen atoms in total. The summed E-state index contributed by atoms with van der Waals surface area (Å²) in [5.41, 5.74) is 11.1. The molecule has 0 unspecified atom stereocenters. The number of ether oxygens (including phenoxy) is 2. The van der Waals surface area contributed by atoms with Gasteiger partial charge < -0.3 is 20.1 Å². The van der Waals surface area contributed by atoms with Crippen LogP contribution in [0, 0.1) is 5.92 Å². The highest BCUT2D eigenvalue weighted by atomic mass is 16.5. The minimum atomic E-state index is 0.541.